The van der Waals surface area contributed by atoms with Gasteiger partial charge in [0.2, 0.25) is 5.91 Å². The molecule has 1 aromatic rings. The topological polar surface area (TPSA) is 29.1 Å². The van der Waals surface area contributed by atoms with E-state index < -0.39 is 11.2 Å². The molecule has 3 aliphatic carbocycles. The Morgan fingerprint density at radius 2 is 1.84 bits per heavy atom. The van der Waals surface area contributed by atoms with Crippen molar-refractivity contribution in [3.05, 3.63) is 24.3 Å². The lowest BCUT2D eigenvalue weighted by atomic mass is 9.43. The first-order valence-electron chi connectivity index (χ1n) is 7.88. The fourth-order valence-electron chi connectivity index (χ4n) is 4.66. The van der Waals surface area contributed by atoms with Crippen molar-refractivity contribution < 1.29 is 13.6 Å². The van der Waals surface area contributed by atoms with E-state index in [2.05, 4.69) is 67.0 Å². The van der Waals surface area contributed by atoms with E-state index in [1.54, 1.807) is 24.3 Å². The van der Waals surface area contributed by atoms with E-state index in [0.29, 0.717) is 22.3 Å². The molecule has 0 unspecified atom stereocenters. The monoisotopic (exact) mass is 559 g/mol. The highest BCUT2D eigenvalue weighted by Gasteiger charge is 2.83. The van der Waals surface area contributed by atoms with Crippen molar-refractivity contribution >= 4 is 71.1 Å². The predicted molar refractivity (Wildman–Crippen MR) is 109 cm³/mol. The second kappa shape index (κ2) is 6.74. The van der Waals surface area contributed by atoms with Gasteiger partial charge < -0.3 is 5.32 Å². The third kappa shape index (κ3) is 2.68. The van der Waals surface area contributed by atoms with E-state index in [0.717, 1.165) is 12.8 Å². The molecule has 2 bridgehead atoms. The van der Waals surface area contributed by atoms with Crippen LogP contribution < -0.4 is 5.32 Å². The molecule has 3 fully saturated rings. The Labute approximate surface area is 175 Å². The van der Waals surface area contributed by atoms with Crippen LogP contribution in [0.4, 0.5) is 14.5 Å². The molecule has 4 rings (SSSR count). The van der Waals surface area contributed by atoms with Gasteiger partial charge in [-0.1, -0.05) is 73.4 Å². The van der Waals surface area contributed by atoms with Crippen molar-refractivity contribution in [1.82, 2.24) is 0 Å². The third-order valence-corrected chi connectivity index (χ3v) is 10.2. The number of thioether (sulfide) groups is 1. The van der Waals surface area contributed by atoms with Crippen LogP contribution in [-0.2, 0) is 4.79 Å². The zero-order valence-corrected chi connectivity index (χ0v) is 19.2. The summed E-state index contributed by atoms with van der Waals surface area (Å²) < 4.78 is 24.9. The summed E-state index contributed by atoms with van der Waals surface area (Å²) in [7, 11) is 0. The molecule has 3 aliphatic rings. The molecule has 1 aromatic carbocycles. The lowest BCUT2D eigenvalue weighted by Gasteiger charge is -2.66. The number of amides is 1. The molecule has 0 heterocycles. The maximum atomic E-state index is 13.1. The van der Waals surface area contributed by atoms with Crippen LogP contribution >= 0.6 is 59.6 Å². The minimum Gasteiger partial charge on any atom is -0.326 e. The van der Waals surface area contributed by atoms with E-state index >= 15 is 0 Å². The first kappa shape index (κ1) is 20.1. The second-order valence-electron chi connectivity index (χ2n) is 7.16. The Bertz CT molecular complexity index is 685. The molecule has 0 aliphatic heterocycles. The fourth-order valence-corrected chi connectivity index (χ4v) is 10.1. The number of halogens is 5. The number of hydrogen-bond donors (Lipinski definition) is 1. The number of hydrogen-bond acceptors (Lipinski definition) is 2. The number of rotatable bonds is 5. The minimum absolute atomic E-state index is 0.0117. The van der Waals surface area contributed by atoms with Crippen LogP contribution in [0.5, 0.6) is 0 Å². The quantitative estimate of drug-likeness (QED) is 0.323. The molecule has 1 amide bonds. The number of alkyl halides is 5. The summed E-state index contributed by atoms with van der Waals surface area (Å²) in [5, 5.41) is 2.99. The summed E-state index contributed by atoms with van der Waals surface area (Å²) in [6.07, 6.45) is 1.77. The lowest BCUT2D eigenvalue weighted by molar-refractivity contribution is -0.155. The summed E-state index contributed by atoms with van der Waals surface area (Å²) in [5.41, 5.74) is -0.0562. The normalized spacial score (nSPS) is 32.8. The van der Waals surface area contributed by atoms with Gasteiger partial charge in [0.05, 0.1) is 9.15 Å². The van der Waals surface area contributed by atoms with E-state index in [-0.39, 0.29) is 25.3 Å². The van der Waals surface area contributed by atoms with Gasteiger partial charge in [0.1, 0.15) is 0 Å². The van der Waals surface area contributed by atoms with Crippen molar-refractivity contribution in [2.75, 3.05) is 5.32 Å². The van der Waals surface area contributed by atoms with Gasteiger partial charge >= 0.3 is 0 Å². The highest BCUT2D eigenvalue weighted by molar-refractivity contribution is 9.24. The number of benzene rings is 1. The van der Waals surface area contributed by atoms with Gasteiger partial charge in [-0.3, -0.25) is 4.79 Å². The molecular weight excluding hydrogens is 544 g/mol. The van der Waals surface area contributed by atoms with Crippen molar-refractivity contribution in [3.8, 4) is 0 Å². The summed E-state index contributed by atoms with van der Waals surface area (Å²) >= 11 is 11.6. The molecule has 2 nitrogen and oxygen atoms in total. The van der Waals surface area contributed by atoms with Crippen LogP contribution in [0.2, 0.25) is 0 Å². The Kier molecular flexibility index (Phi) is 5.42. The van der Waals surface area contributed by atoms with E-state index in [1.807, 2.05) is 0 Å². The molecule has 1 N–H and O–H groups in total. The predicted octanol–water partition coefficient (Wildman–Crippen LogP) is 6.63. The molecule has 25 heavy (non-hydrogen) atoms. The zero-order chi connectivity index (χ0) is 18.6. The number of carbonyl (C=O) groups excluding carboxylic acids is 1. The highest BCUT2D eigenvalue weighted by atomic mass is 79.9. The lowest BCUT2D eigenvalue weighted by Crippen LogP contribution is -2.71. The van der Waals surface area contributed by atoms with Gasteiger partial charge in [0.15, 0.2) is 0 Å². The van der Waals surface area contributed by atoms with Crippen LogP contribution in [0.25, 0.3) is 0 Å². The molecule has 0 saturated heterocycles. The summed E-state index contributed by atoms with van der Waals surface area (Å²) in [6, 6.07) is 6.56. The Morgan fingerprint density at radius 1 is 1.24 bits per heavy atom. The third-order valence-electron chi connectivity index (χ3n) is 6.23. The van der Waals surface area contributed by atoms with Gasteiger partial charge in [-0.05, 0) is 42.5 Å². The van der Waals surface area contributed by atoms with Crippen LogP contribution in [0, 0.1) is 16.2 Å². The second-order valence-corrected chi connectivity index (χ2v) is 12.2. The van der Waals surface area contributed by atoms with Crippen LogP contribution in [-0.4, -0.2) is 20.2 Å². The first-order valence-corrected chi connectivity index (χ1v) is 11.5. The standard InChI is InChI=1S/C17H18Br3F2NOS/c1-15(2)16(12(19)20)7-8-17(15,11(16)18)13(24)23-9-3-5-10(6-4-9)25-14(21)22/h3-6,11-12,14H,7-8H2,1-2H3,(H,23,24)/t11-,16+,17-/m1/s1. The Hall–Kier alpha value is 0.340. The largest absolute Gasteiger partial charge is 0.326 e. The maximum absolute atomic E-state index is 13.1. The average Bonchev–Trinajstić information content (AvgIpc) is 2.98. The van der Waals surface area contributed by atoms with Gasteiger partial charge in [0, 0.05) is 20.8 Å². The van der Waals surface area contributed by atoms with Crippen molar-refractivity contribution in [2.24, 2.45) is 16.2 Å². The minimum atomic E-state index is -2.45. The van der Waals surface area contributed by atoms with Crippen LogP contribution in [0.3, 0.4) is 0 Å². The first-order chi connectivity index (χ1) is 11.6. The van der Waals surface area contributed by atoms with E-state index in [1.165, 1.54) is 0 Å². The highest BCUT2D eigenvalue weighted by Crippen LogP contribution is 2.82. The Morgan fingerprint density at radius 3 is 2.28 bits per heavy atom. The van der Waals surface area contributed by atoms with Gasteiger partial charge in [0.25, 0.3) is 5.76 Å². The fraction of sp³-hybridized carbons (Fsp3) is 0.588. The van der Waals surface area contributed by atoms with Gasteiger partial charge in [-0.15, -0.1) is 0 Å². The molecule has 0 aromatic heterocycles. The zero-order valence-electron chi connectivity index (χ0n) is 13.7. The molecule has 8 heteroatoms. The molecular formula is C17H18Br3F2NOS. The van der Waals surface area contributed by atoms with Crippen molar-refractivity contribution in [1.29, 1.82) is 0 Å². The van der Waals surface area contributed by atoms with E-state index in [4.69, 9.17) is 0 Å². The Balaban J connectivity index is 1.78. The molecule has 0 spiro atoms. The summed E-state index contributed by atoms with van der Waals surface area (Å²) in [5.74, 6) is -2.46. The van der Waals surface area contributed by atoms with Crippen molar-refractivity contribution in [2.45, 2.75) is 45.9 Å². The SMILES string of the molecule is CC1(C)[C@]2(C(=O)Nc3ccc(SC(F)F)cc3)CC[C@@]1(C(Br)Br)[C@H]2Br. The number of fused-ring (bicyclic) bond motifs is 1. The number of anilines is 1. The van der Waals surface area contributed by atoms with Crippen LogP contribution in [0.15, 0.2) is 29.2 Å². The smallest absolute Gasteiger partial charge is 0.288 e. The average molecular weight is 562 g/mol. The molecule has 3 saturated carbocycles. The molecule has 0 radical (unpaired) electrons. The molecule has 3 atom stereocenters. The van der Waals surface area contributed by atoms with Gasteiger partial charge in [-0.25, -0.2) is 0 Å². The number of nitrogens with one attached hydrogen (secondary N) is 1. The maximum Gasteiger partial charge on any atom is 0.288 e. The number of carbonyl (C=O) groups is 1. The van der Waals surface area contributed by atoms with Crippen LogP contribution in [0.1, 0.15) is 26.7 Å². The molecule has 138 valence electrons. The summed E-state index contributed by atoms with van der Waals surface area (Å²) in [4.78, 5) is 13.7. The van der Waals surface area contributed by atoms with Gasteiger partial charge in [-0.2, -0.15) is 8.78 Å². The summed E-state index contributed by atoms with van der Waals surface area (Å²) in [6.45, 7) is 4.30. The van der Waals surface area contributed by atoms with Crippen molar-refractivity contribution in [3.63, 3.8) is 0 Å². The van der Waals surface area contributed by atoms with E-state index in [9.17, 15) is 13.6 Å².